The normalized spacial score (nSPS) is 17.4. The molecule has 2 aliphatic rings. The van der Waals surface area contributed by atoms with E-state index in [-0.39, 0.29) is 22.6 Å². The van der Waals surface area contributed by atoms with Crippen LogP contribution in [0.2, 0.25) is 5.02 Å². The lowest BCUT2D eigenvalue weighted by atomic mass is 9.62. The Morgan fingerprint density at radius 3 is 2.76 bits per heavy atom. The Hall–Kier alpha value is -3.10. The van der Waals surface area contributed by atoms with E-state index < -0.39 is 11.7 Å². The van der Waals surface area contributed by atoms with E-state index >= 15 is 0 Å². The zero-order chi connectivity index (χ0) is 24.0. The van der Waals surface area contributed by atoms with Crippen molar-refractivity contribution in [3.8, 4) is 5.75 Å². The molecule has 1 spiro atoms. The third kappa shape index (κ3) is 4.12. The SMILES string of the molecule is Cn1ccc2c(OC3CC4(C3)CN(CCNc3cc(F)ccc3C(N)=O)C4)ccc(Cl)c2c1=O. The molecule has 2 heterocycles. The first-order valence-corrected chi connectivity index (χ1v) is 11.6. The van der Waals surface area contributed by atoms with E-state index in [0.29, 0.717) is 28.4 Å². The summed E-state index contributed by atoms with van der Waals surface area (Å²) in [5, 5.41) is 4.78. The van der Waals surface area contributed by atoms with Crippen LogP contribution in [-0.2, 0) is 7.05 Å². The second kappa shape index (κ2) is 8.60. The maximum Gasteiger partial charge on any atom is 0.259 e. The molecule has 5 rings (SSSR count). The highest BCUT2D eigenvalue weighted by Gasteiger charge is 2.53. The van der Waals surface area contributed by atoms with Crippen LogP contribution in [0.4, 0.5) is 10.1 Å². The average molecular weight is 485 g/mol. The Balaban J connectivity index is 1.13. The van der Waals surface area contributed by atoms with E-state index in [4.69, 9.17) is 22.1 Å². The van der Waals surface area contributed by atoms with Gasteiger partial charge < -0.3 is 25.3 Å². The zero-order valence-electron chi connectivity index (χ0n) is 18.8. The zero-order valence-corrected chi connectivity index (χ0v) is 19.6. The number of amides is 1. The number of nitrogens with zero attached hydrogens (tertiary/aromatic N) is 2. The summed E-state index contributed by atoms with van der Waals surface area (Å²) in [6.07, 6.45) is 3.76. The number of nitrogens with one attached hydrogen (secondary N) is 1. The van der Waals surface area contributed by atoms with E-state index in [1.807, 2.05) is 12.1 Å². The fourth-order valence-corrected chi connectivity index (χ4v) is 5.45. The molecule has 34 heavy (non-hydrogen) atoms. The second-order valence-electron chi connectivity index (χ2n) is 9.41. The minimum absolute atomic E-state index is 0.110. The number of pyridine rings is 1. The maximum absolute atomic E-state index is 13.5. The molecular weight excluding hydrogens is 459 g/mol. The van der Waals surface area contributed by atoms with Gasteiger partial charge in [0, 0.05) is 55.9 Å². The fraction of sp³-hybridized carbons (Fsp3) is 0.360. The highest BCUT2D eigenvalue weighted by molar-refractivity contribution is 6.35. The molecule has 2 aromatic carbocycles. The largest absolute Gasteiger partial charge is 0.490 e. The molecule has 1 amide bonds. The van der Waals surface area contributed by atoms with E-state index in [0.717, 1.165) is 37.9 Å². The van der Waals surface area contributed by atoms with E-state index in [2.05, 4.69) is 10.2 Å². The van der Waals surface area contributed by atoms with Crippen molar-refractivity contribution in [1.82, 2.24) is 9.47 Å². The second-order valence-corrected chi connectivity index (χ2v) is 9.81. The van der Waals surface area contributed by atoms with Crippen molar-refractivity contribution in [3.63, 3.8) is 0 Å². The Bertz CT molecular complexity index is 1330. The van der Waals surface area contributed by atoms with Gasteiger partial charge in [-0.05, 0) is 49.2 Å². The minimum atomic E-state index is -0.584. The molecule has 1 saturated carbocycles. The number of ether oxygens (including phenoxy) is 1. The quantitative estimate of drug-likeness (QED) is 0.536. The van der Waals surface area contributed by atoms with Crippen molar-refractivity contribution in [2.75, 3.05) is 31.5 Å². The van der Waals surface area contributed by atoms with Crippen LogP contribution in [0.25, 0.3) is 10.8 Å². The van der Waals surface area contributed by atoms with Crippen LogP contribution in [0.1, 0.15) is 23.2 Å². The van der Waals surface area contributed by atoms with Crippen LogP contribution in [0.15, 0.2) is 47.4 Å². The molecule has 1 saturated heterocycles. The van der Waals surface area contributed by atoms with Crippen LogP contribution in [-0.4, -0.2) is 47.7 Å². The van der Waals surface area contributed by atoms with Crippen LogP contribution in [0.5, 0.6) is 5.75 Å². The standard InChI is InChI=1S/C25H26ClFN4O3/c1-30-8-6-18-21(5-4-19(26)22(18)24(30)33)34-16-11-25(12-16)13-31(14-25)9-7-29-20-10-15(27)2-3-17(20)23(28)32/h2-6,8,10,16,29H,7,9,11-14H2,1H3,(H2,28,32). The molecule has 7 nitrogen and oxygen atoms in total. The lowest BCUT2D eigenvalue weighted by Crippen LogP contribution is -2.65. The minimum Gasteiger partial charge on any atom is -0.490 e. The van der Waals surface area contributed by atoms with E-state index in [9.17, 15) is 14.0 Å². The van der Waals surface area contributed by atoms with Gasteiger partial charge in [-0.2, -0.15) is 0 Å². The molecule has 1 aliphatic carbocycles. The molecule has 1 aromatic heterocycles. The number of nitrogens with two attached hydrogens (primary N) is 1. The highest BCUT2D eigenvalue weighted by atomic mass is 35.5. The lowest BCUT2D eigenvalue weighted by molar-refractivity contribution is -0.117. The molecule has 0 radical (unpaired) electrons. The van der Waals surface area contributed by atoms with Gasteiger partial charge >= 0.3 is 0 Å². The number of hydrogen-bond acceptors (Lipinski definition) is 5. The number of hydrogen-bond donors (Lipinski definition) is 2. The smallest absolute Gasteiger partial charge is 0.259 e. The van der Waals surface area contributed by atoms with Gasteiger partial charge in [-0.25, -0.2) is 4.39 Å². The Kier molecular flexibility index (Phi) is 5.73. The van der Waals surface area contributed by atoms with Gasteiger partial charge in [0.15, 0.2) is 0 Å². The third-order valence-corrected chi connectivity index (χ3v) is 7.19. The monoisotopic (exact) mass is 484 g/mol. The Morgan fingerprint density at radius 1 is 1.26 bits per heavy atom. The topological polar surface area (TPSA) is 89.6 Å². The molecule has 0 bridgehead atoms. The average Bonchev–Trinajstić information content (AvgIpc) is 2.74. The number of anilines is 1. The number of benzene rings is 2. The molecule has 2 fully saturated rings. The summed E-state index contributed by atoms with van der Waals surface area (Å²) in [5.74, 6) is -0.304. The summed E-state index contributed by atoms with van der Waals surface area (Å²) in [7, 11) is 1.70. The van der Waals surface area contributed by atoms with Crippen LogP contribution in [0.3, 0.4) is 0 Å². The summed E-state index contributed by atoms with van der Waals surface area (Å²) in [5.41, 5.74) is 6.20. The third-order valence-electron chi connectivity index (χ3n) is 6.88. The number of halogens is 2. The molecule has 3 N–H and O–H groups in total. The van der Waals surface area contributed by atoms with Crippen LogP contribution >= 0.6 is 11.6 Å². The number of likely N-dealkylation sites (tertiary alicyclic amines) is 1. The summed E-state index contributed by atoms with van der Waals surface area (Å²) in [6.45, 7) is 3.32. The predicted octanol–water partition coefficient (Wildman–Crippen LogP) is 3.39. The fourth-order valence-electron chi connectivity index (χ4n) is 5.20. The number of rotatable bonds is 7. The Labute approximate surface area is 201 Å². The lowest BCUT2D eigenvalue weighted by Gasteiger charge is -2.58. The Morgan fingerprint density at radius 2 is 2.03 bits per heavy atom. The number of carbonyl (C=O) groups excluding carboxylic acids is 1. The molecule has 0 atom stereocenters. The van der Waals surface area contributed by atoms with Crippen molar-refractivity contribution in [2.24, 2.45) is 18.2 Å². The molecule has 0 unspecified atom stereocenters. The van der Waals surface area contributed by atoms with E-state index in [1.165, 1.54) is 22.8 Å². The number of aryl methyl sites for hydroxylation is 1. The first-order chi connectivity index (χ1) is 16.2. The van der Waals surface area contributed by atoms with Gasteiger partial charge in [-0.15, -0.1) is 0 Å². The van der Waals surface area contributed by atoms with Crippen LogP contribution in [0, 0.1) is 11.2 Å². The van der Waals surface area contributed by atoms with Crippen molar-refractivity contribution < 1.29 is 13.9 Å². The van der Waals surface area contributed by atoms with Gasteiger partial charge in [0.05, 0.1) is 22.1 Å². The van der Waals surface area contributed by atoms with Crippen molar-refractivity contribution in [1.29, 1.82) is 0 Å². The molecule has 1 aliphatic heterocycles. The van der Waals surface area contributed by atoms with Gasteiger partial charge in [0.25, 0.3) is 11.5 Å². The van der Waals surface area contributed by atoms with Crippen molar-refractivity contribution in [2.45, 2.75) is 18.9 Å². The number of primary amides is 1. The first kappa shape index (κ1) is 22.7. The number of aromatic nitrogens is 1. The predicted molar refractivity (Wildman–Crippen MR) is 130 cm³/mol. The first-order valence-electron chi connectivity index (χ1n) is 11.2. The summed E-state index contributed by atoms with van der Waals surface area (Å²) < 4.78 is 21.3. The van der Waals surface area contributed by atoms with Gasteiger partial charge in [-0.3, -0.25) is 9.59 Å². The number of carbonyl (C=O) groups is 1. The molecule has 3 aromatic rings. The molecule has 178 valence electrons. The summed E-state index contributed by atoms with van der Waals surface area (Å²) in [4.78, 5) is 26.3. The van der Waals surface area contributed by atoms with E-state index in [1.54, 1.807) is 19.3 Å². The summed E-state index contributed by atoms with van der Waals surface area (Å²) >= 11 is 6.28. The maximum atomic E-state index is 13.5. The molecular formula is C25H26ClFN4O3. The van der Waals surface area contributed by atoms with Crippen molar-refractivity contribution in [3.05, 3.63) is 69.4 Å². The molecule has 9 heteroatoms. The highest BCUT2D eigenvalue weighted by Crippen LogP contribution is 2.50. The van der Waals surface area contributed by atoms with Gasteiger partial charge in [-0.1, -0.05) is 11.6 Å². The van der Waals surface area contributed by atoms with Gasteiger partial charge in [0.2, 0.25) is 0 Å². The van der Waals surface area contributed by atoms with Crippen molar-refractivity contribution >= 4 is 34.0 Å². The van der Waals surface area contributed by atoms with Gasteiger partial charge in [0.1, 0.15) is 11.6 Å². The summed E-state index contributed by atoms with van der Waals surface area (Å²) in [6, 6.07) is 9.34. The van der Waals surface area contributed by atoms with Crippen LogP contribution < -0.4 is 21.3 Å². The number of fused-ring (bicyclic) bond motifs is 1.